The summed E-state index contributed by atoms with van der Waals surface area (Å²) in [5.74, 6) is 0.144. The van der Waals surface area contributed by atoms with Crippen molar-refractivity contribution in [1.82, 2.24) is 4.90 Å². The molecule has 2 N–H and O–H groups in total. The number of rotatable bonds is 3. The largest absolute Gasteiger partial charge is 0.377 e. The van der Waals surface area contributed by atoms with Gasteiger partial charge in [-0.05, 0) is 24.5 Å². The van der Waals surface area contributed by atoms with E-state index in [4.69, 9.17) is 10.5 Å². The SMILES string of the molecule is CN(Cc1ccccc1Br)C(=O)C1(N)C2CCCOC2C1(C)C.Cl. The average molecular weight is 418 g/mol. The van der Waals surface area contributed by atoms with Crippen molar-refractivity contribution < 1.29 is 9.53 Å². The van der Waals surface area contributed by atoms with Crippen molar-refractivity contribution in [2.24, 2.45) is 17.1 Å². The minimum Gasteiger partial charge on any atom is -0.377 e. The monoisotopic (exact) mass is 416 g/mol. The Balaban J connectivity index is 0.00000208. The number of ether oxygens (including phenoxy) is 1. The Morgan fingerprint density at radius 3 is 2.75 bits per heavy atom. The summed E-state index contributed by atoms with van der Waals surface area (Å²) in [5, 5.41) is 0. The molecule has 1 heterocycles. The molecule has 4 nitrogen and oxygen atoms in total. The molecule has 134 valence electrons. The molecule has 1 aromatic carbocycles. The Morgan fingerprint density at radius 2 is 2.08 bits per heavy atom. The summed E-state index contributed by atoms with van der Waals surface area (Å²) in [6.07, 6.45) is 2.05. The Labute approximate surface area is 158 Å². The Kier molecular flexibility index (Phi) is 5.70. The highest BCUT2D eigenvalue weighted by Crippen LogP contribution is 2.57. The van der Waals surface area contributed by atoms with Gasteiger partial charge in [-0.1, -0.05) is 48.0 Å². The van der Waals surface area contributed by atoms with Gasteiger partial charge in [-0.25, -0.2) is 0 Å². The first-order valence-electron chi connectivity index (χ1n) is 8.19. The number of hydrogen-bond acceptors (Lipinski definition) is 3. The number of nitrogens with two attached hydrogens (primary N) is 1. The van der Waals surface area contributed by atoms with Crippen LogP contribution in [-0.2, 0) is 16.1 Å². The Bertz CT molecular complexity index is 625. The number of benzene rings is 1. The van der Waals surface area contributed by atoms with Crippen LogP contribution in [0.25, 0.3) is 0 Å². The van der Waals surface area contributed by atoms with Gasteiger partial charge in [0.05, 0.1) is 6.10 Å². The highest BCUT2D eigenvalue weighted by molar-refractivity contribution is 9.10. The van der Waals surface area contributed by atoms with E-state index in [1.807, 2.05) is 31.3 Å². The number of hydrogen-bond donors (Lipinski definition) is 1. The van der Waals surface area contributed by atoms with Crippen LogP contribution in [0.4, 0.5) is 0 Å². The predicted molar refractivity (Wildman–Crippen MR) is 101 cm³/mol. The maximum Gasteiger partial charge on any atom is 0.243 e. The zero-order chi connectivity index (χ0) is 16.8. The van der Waals surface area contributed by atoms with Crippen LogP contribution in [0.5, 0.6) is 0 Å². The van der Waals surface area contributed by atoms with Gasteiger partial charge in [0.2, 0.25) is 5.91 Å². The standard InChI is InChI=1S/C18H25BrN2O2.ClH/c1-17(2)15-13(8-6-10-23-15)18(17,20)16(22)21(3)11-12-7-4-5-9-14(12)19;/h4-5,7,9,13,15H,6,8,10-11,20H2,1-3H3;1H. The highest BCUT2D eigenvalue weighted by Gasteiger charge is 2.70. The molecule has 24 heavy (non-hydrogen) atoms. The Morgan fingerprint density at radius 1 is 1.42 bits per heavy atom. The van der Waals surface area contributed by atoms with Crippen LogP contribution in [0.2, 0.25) is 0 Å². The summed E-state index contributed by atoms with van der Waals surface area (Å²) in [7, 11) is 1.84. The molecule has 1 aliphatic carbocycles. The van der Waals surface area contributed by atoms with Crippen molar-refractivity contribution in [3.63, 3.8) is 0 Å². The zero-order valence-electron chi connectivity index (χ0n) is 14.4. The summed E-state index contributed by atoms with van der Waals surface area (Å²) >= 11 is 3.54. The average Bonchev–Trinajstić information content (AvgIpc) is 2.55. The molecule has 0 bridgehead atoms. The number of amides is 1. The second-order valence-electron chi connectivity index (χ2n) is 7.38. The van der Waals surface area contributed by atoms with Gasteiger partial charge in [-0.3, -0.25) is 4.79 Å². The quantitative estimate of drug-likeness (QED) is 0.820. The zero-order valence-corrected chi connectivity index (χ0v) is 16.8. The molecule has 2 fully saturated rings. The smallest absolute Gasteiger partial charge is 0.243 e. The number of carbonyl (C=O) groups is 1. The van der Waals surface area contributed by atoms with Gasteiger partial charge in [0.15, 0.2) is 0 Å². The van der Waals surface area contributed by atoms with Crippen LogP contribution in [0.15, 0.2) is 28.7 Å². The van der Waals surface area contributed by atoms with E-state index in [9.17, 15) is 4.79 Å². The molecule has 0 radical (unpaired) electrons. The van der Waals surface area contributed by atoms with Crippen LogP contribution in [-0.4, -0.2) is 36.1 Å². The lowest BCUT2D eigenvalue weighted by molar-refractivity contribution is -0.229. The van der Waals surface area contributed by atoms with Crippen molar-refractivity contribution in [2.45, 2.75) is 44.9 Å². The molecule has 0 spiro atoms. The molecule has 1 aliphatic heterocycles. The molecular weight excluding hydrogens is 392 g/mol. The van der Waals surface area contributed by atoms with E-state index in [-0.39, 0.29) is 35.8 Å². The number of fused-ring (bicyclic) bond motifs is 1. The van der Waals surface area contributed by atoms with Crippen LogP contribution < -0.4 is 5.73 Å². The van der Waals surface area contributed by atoms with Crippen molar-refractivity contribution in [3.8, 4) is 0 Å². The molecule has 3 unspecified atom stereocenters. The molecule has 1 aromatic rings. The first-order chi connectivity index (χ1) is 10.8. The van der Waals surface area contributed by atoms with Crippen molar-refractivity contribution >= 4 is 34.2 Å². The van der Waals surface area contributed by atoms with Crippen molar-refractivity contribution in [2.75, 3.05) is 13.7 Å². The van der Waals surface area contributed by atoms with E-state index in [0.717, 1.165) is 29.5 Å². The van der Waals surface area contributed by atoms with Crippen LogP contribution in [0.3, 0.4) is 0 Å². The molecule has 1 saturated carbocycles. The molecule has 3 atom stereocenters. The van der Waals surface area contributed by atoms with Gasteiger partial charge in [0.25, 0.3) is 0 Å². The lowest BCUT2D eigenvalue weighted by Gasteiger charge is -2.65. The minimum atomic E-state index is -0.839. The number of halogens is 2. The molecule has 0 aromatic heterocycles. The Hall–Kier alpha value is -0.620. The van der Waals surface area contributed by atoms with E-state index in [2.05, 4.69) is 29.8 Å². The van der Waals surface area contributed by atoms with E-state index >= 15 is 0 Å². The highest BCUT2D eigenvalue weighted by atomic mass is 79.9. The summed E-state index contributed by atoms with van der Waals surface area (Å²) in [5.41, 5.74) is 6.60. The fraction of sp³-hybridized carbons (Fsp3) is 0.611. The fourth-order valence-corrected chi connectivity index (χ4v) is 4.69. The first-order valence-corrected chi connectivity index (χ1v) is 8.99. The van der Waals surface area contributed by atoms with Crippen LogP contribution in [0.1, 0.15) is 32.3 Å². The van der Waals surface area contributed by atoms with Gasteiger partial charge in [-0.15, -0.1) is 12.4 Å². The second kappa shape index (κ2) is 6.94. The topological polar surface area (TPSA) is 55.6 Å². The fourth-order valence-electron chi connectivity index (χ4n) is 4.28. The number of nitrogens with zero attached hydrogens (tertiary/aromatic N) is 1. The van der Waals surface area contributed by atoms with Gasteiger partial charge in [0.1, 0.15) is 5.54 Å². The minimum absolute atomic E-state index is 0. The van der Waals surface area contributed by atoms with Crippen molar-refractivity contribution in [3.05, 3.63) is 34.3 Å². The van der Waals surface area contributed by atoms with Crippen molar-refractivity contribution in [1.29, 1.82) is 0 Å². The van der Waals surface area contributed by atoms with E-state index < -0.39 is 5.54 Å². The molecule has 3 rings (SSSR count). The maximum atomic E-state index is 13.2. The summed E-state index contributed by atoms with van der Waals surface area (Å²) in [4.78, 5) is 14.9. The summed E-state index contributed by atoms with van der Waals surface area (Å²) < 4.78 is 6.91. The van der Waals surface area contributed by atoms with Gasteiger partial charge in [-0.2, -0.15) is 0 Å². The molecule has 6 heteroatoms. The molecule has 1 saturated heterocycles. The van der Waals surface area contributed by atoms with E-state index in [0.29, 0.717) is 6.54 Å². The predicted octanol–water partition coefficient (Wildman–Crippen LogP) is 3.36. The lowest BCUT2D eigenvalue weighted by atomic mass is 9.46. The van der Waals surface area contributed by atoms with E-state index in [1.54, 1.807) is 4.90 Å². The molecule has 1 amide bonds. The summed E-state index contributed by atoms with van der Waals surface area (Å²) in [6, 6.07) is 7.97. The third kappa shape index (κ3) is 2.79. The normalized spacial score (nSPS) is 30.5. The lowest BCUT2D eigenvalue weighted by Crippen LogP contribution is -2.82. The van der Waals surface area contributed by atoms with Crippen LogP contribution >= 0.6 is 28.3 Å². The van der Waals surface area contributed by atoms with Crippen LogP contribution in [0, 0.1) is 11.3 Å². The first kappa shape index (κ1) is 19.7. The summed E-state index contributed by atoms with van der Waals surface area (Å²) in [6.45, 7) is 5.45. The third-order valence-electron chi connectivity index (χ3n) is 5.75. The molecular formula is C18H26BrClN2O2. The number of carbonyl (C=O) groups excluding carboxylic acids is 1. The van der Waals surface area contributed by atoms with Gasteiger partial charge >= 0.3 is 0 Å². The van der Waals surface area contributed by atoms with Gasteiger partial charge in [0, 0.05) is 36.0 Å². The van der Waals surface area contributed by atoms with Gasteiger partial charge < -0.3 is 15.4 Å². The molecule has 2 aliphatic rings. The third-order valence-corrected chi connectivity index (χ3v) is 6.52. The second-order valence-corrected chi connectivity index (χ2v) is 8.24. The maximum absolute atomic E-state index is 13.2. The van der Waals surface area contributed by atoms with E-state index in [1.165, 1.54) is 0 Å². The number of likely N-dealkylation sites (N-methyl/N-ethyl adjacent to an activating group) is 1.